The molecule has 1 atom stereocenters. The van der Waals surface area contributed by atoms with E-state index in [0.717, 1.165) is 0 Å². The lowest BCUT2D eigenvalue weighted by Gasteiger charge is -2.30. The van der Waals surface area contributed by atoms with Gasteiger partial charge in [-0.25, -0.2) is 4.98 Å². The van der Waals surface area contributed by atoms with Crippen LogP contribution in [0.2, 0.25) is 0 Å². The number of amides is 2. The lowest BCUT2D eigenvalue weighted by atomic mass is 10.0. The predicted octanol–water partition coefficient (Wildman–Crippen LogP) is 2.00. The van der Waals surface area contributed by atoms with Crippen LogP contribution in [0, 0.1) is 6.92 Å². The molecule has 3 heterocycles. The van der Waals surface area contributed by atoms with Gasteiger partial charge in [-0.3, -0.25) is 9.59 Å². The van der Waals surface area contributed by atoms with Gasteiger partial charge in [0.05, 0.1) is 17.5 Å². The number of rotatable bonds is 3. The number of likely N-dealkylation sites (tertiary alicyclic amines) is 1. The van der Waals surface area contributed by atoms with Crippen molar-refractivity contribution >= 4 is 11.8 Å². The third kappa shape index (κ3) is 3.26. The van der Waals surface area contributed by atoms with Crippen LogP contribution in [0.25, 0.3) is 11.5 Å². The molecule has 0 bridgehead atoms. The first-order valence-electron chi connectivity index (χ1n) is 7.61. The second-order valence-electron chi connectivity index (χ2n) is 5.79. The lowest BCUT2D eigenvalue weighted by Crippen LogP contribution is -2.48. The van der Waals surface area contributed by atoms with E-state index in [-0.39, 0.29) is 17.9 Å². The molecule has 2 aromatic rings. The van der Waals surface area contributed by atoms with Crippen molar-refractivity contribution in [2.75, 3.05) is 13.6 Å². The molecule has 6 heteroatoms. The first-order valence-corrected chi connectivity index (χ1v) is 7.61. The Balaban J connectivity index is 1.71. The van der Waals surface area contributed by atoms with E-state index in [0.29, 0.717) is 42.1 Å². The standard InChI is InChI=1S/C17H19N3O3/c1-11-13(6-7-14(18-11)15-4-3-9-23-15)17(22)19-12-5-8-16(21)20(2)10-12/h3-4,6-7,9,12H,5,8,10H2,1-2H3,(H,19,22). The van der Waals surface area contributed by atoms with E-state index < -0.39 is 0 Å². The van der Waals surface area contributed by atoms with Crippen LogP contribution in [-0.2, 0) is 4.79 Å². The van der Waals surface area contributed by atoms with Crippen molar-refractivity contribution in [2.45, 2.75) is 25.8 Å². The highest BCUT2D eigenvalue weighted by Crippen LogP contribution is 2.19. The van der Waals surface area contributed by atoms with Crippen molar-refractivity contribution in [3.05, 3.63) is 41.8 Å². The first-order chi connectivity index (χ1) is 11.0. The molecule has 0 saturated carbocycles. The third-order valence-corrected chi connectivity index (χ3v) is 4.07. The Morgan fingerprint density at radius 2 is 2.22 bits per heavy atom. The number of carbonyl (C=O) groups excluding carboxylic acids is 2. The topological polar surface area (TPSA) is 75.4 Å². The minimum Gasteiger partial charge on any atom is -0.463 e. The number of aryl methyl sites for hydroxylation is 1. The molecule has 6 nitrogen and oxygen atoms in total. The second kappa shape index (κ2) is 6.24. The van der Waals surface area contributed by atoms with E-state index in [1.54, 1.807) is 43.3 Å². The molecular weight excluding hydrogens is 294 g/mol. The van der Waals surface area contributed by atoms with Gasteiger partial charge in [0.2, 0.25) is 5.91 Å². The van der Waals surface area contributed by atoms with E-state index in [9.17, 15) is 9.59 Å². The van der Waals surface area contributed by atoms with E-state index >= 15 is 0 Å². The molecule has 1 fully saturated rings. The van der Waals surface area contributed by atoms with Crippen LogP contribution in [-0.4, -0.2) is 41.3 Å². The Kier molecular flexibility index (Phi) is 4.14. The Morgan fingerprint density at radius 3 is 2.87 bits per heavy atom. The Bertz CT molecular complexity index is 725. The summed E-state index contributed by atoms with van der Waals surface area (Å²) in [6.07, 6.45) is 2.73. The maximum Gasteiger partial charge on any atom is 0.253 e. The zero-order valence-corrected chi connectivity index (χ0v) is 13.2. The maximum absolute atomic E-state index is 12.4. The molecule has 1 unspecified atom stereocenters. The quantitative estimate of drug-likeness (QED) is 0.940. The highest BCUT2D eigenvalue weighted by molar-refractivity contribution is 5.95. The minimum absolute atomic E-state index is 0.0191. The smallest absolute Gasteiger partial charge is 0.253 e. The Hall–Kier alpha value is -2.63. The number of furan rings is 1. The van der Waals surface area contributed by atoms with Crippen molar-refractivity contribution < 1.29 is 14.0 Å². The van der Waals surface area contributed by atoms with Crippen LogP contribution >= 0.6 is 0 Å². The normalized spacial score (nSPS) is 18.1. The van der Waals surface area contributed by atoms with Gasteiger partial charge in [-0.05, 0) is 37.6 Å². The van der Waals surface area contributed by atoms with Gasteiger partial charge in [0.1, 0.15) is 5.69 Å². The predicted molar refractivity (Wildman–Crippen MR) is 84.8 cm³/mol. The average Bonchev–Trinajstić information content (AvgIpc) is 3.05. The van der Waals surface area contributed by atoms with Crippen molar-refractivity contribution in [3.8, 4) is 11.5 Å². The van der Waals surface area contributed by atoms with Gasteiger partial charge >= 0.3 is 0 Å². The monoisotopic (exact) mass is 313 g/mol. The van der Waals surface area contributed by atoms with Crippen LogP contribution in [0.3, 0.4) is 0 Å². The van der Waals surface area contributed by atoms with Crippen LogP contribution < -0.4 is 5.32 Å². The van der Waals surface area contributed by atoms with Gasteiger partial charge in [0.25, 0.3) is 5.91 Å². The zero-order valence-electron chi connectivity index (χ0n) is 13.2. The fourth-order valence-corrected chi connectivity index (χ4v) is 2.76. The van der Waals surface area contributed by atoms with E-state index in [2.05, 4.69) is 10.3 Å². The number of pyridine rings is 1. The van der Waals surface area contributed by atoms with Gasteiger partial charge in [-0.15, -0.1) is 0 Å². The fourth-order valence-electron chi connectivity index (χ4n) is 2.76. The molecule has 0 spiro atoms. The molecule has 0 aromatic carbocycles. The highest BCUT2D eigenvalue weighted by Gasteiger charge is 2.25. The van der Waals surface area contributed by atoms with Gasteiger partial charge in [-0.1, -0.05) is 0 Å². The molecule has 1 N–H and O–H groups in total. The van der Waals surface area contributed by atoms with E-state index in [1.807, 2.05) is 6.07 Å². The molecule has 23 heavy (non-hydrogen) atoms. The van der Waals surface area contributed by atoms with Crippen LogP contribution in [0.5, 0.6) is 0 Å². The number of likely N-dealkylation sites (N-methyl/N-ethyl adjacent to an activating group) is 1. The largest absolute Gasteiger partial charge is 0.463 e. The van der Waals surface area contributed by atoms with Gasteiger partial charge < -0.3 is 14.6 Å². The van der Waals surface area contributed by atoms with Crippen LogP contribution in [0.1, 0.15) is 28.9 Å². The minimum atomic E-state index is -0.159. The summed E-state index contributed by atoms with van der Waals surface area (Å²) in [5.41, 5.74) is 1.89. The molecular formula is C17H19N3O3. The number of piperidine rings is 1. The molecule has 3 rings (SSSR count). The van der Waals surface area contributed by atoms with Crippen molar-refractivity contribution in [2.24, 2.45) is 0 Å². The highest BCUT2D eigenvalue weighted by atomic mass is 16.3. The third-order valence-electron chi connectivity index (χ3n) is 4.07. The van der Waals surface area contributed by atoms with Crippen molar-refractivity contribution in [3.63, 3.8) is 0 Å². The maximum atomic E-state index is 12.4. The fraction of sp³-hybridized carbons (Fsp3) is 0.353. The molecule has 2 aromatic heterocycles. The molecule has 2 amide bonds. The number of hydrogen-bond donors (Lipinski definition) is 1. The number of aromatic nitrogens is 1. The summed E-state index contributed by atoms with van der Waals surface area (Å²) in [5.74, 6) is 0.636. The molecule has 1 aliphatic heterocycles. The molecule has 0 radical (unpaired) electrons. The summed E-state index contributed by atoms with van der Waals surface area (Å²) in [6.45, 7) is 2.35. The summed E-state index contributed by atoms with van der Waals surface area (Å²) in [4.78, 5) is 30.0. The summed E-state index contributed by atoms with van der Waals surface area (Å²) in [7, 11) is 1.76. The zero-order chi connectivity index (χ0) is 16.4. The summed E-state index contributed by atoms with van der Waals surface area (Å²) in [5, 5.41) is 2.98. The molecule has 1 saturated heterocycles. The second-order valence-corrected chi connectivity index (χ2v) is 5.79. The Morgan fingerprint density at radius 1 is 1.39 bits per heavy atom. The molecule has 0 aliphatic carbocycles. The number of carbonyl (C=O) groups is 2. The molecule has 1 aliphatic rings. The van der Waals surface area contributed by atoms with Crippen LogP contribution in [0.15, 0.2) is 34.9 Å². The summed E-state index contributed by atoms with van der Waals surface area (Å²) < 4.78 is 5.32. The SMILES string of the molecule is Cc1nc(-c2ccco2)ccc1C(=O)NC1CCC(=O)N(C)C1. The van der Waals surface area contributed by atoms with Gasteiger partial charge in [0, 0.05) is 26.1 Å². The average molecular weight is 313 g/mol. The van der Waals surface area contributed by atoms with Crippen LogP contribution in [0.4, 0.5) is 0 Å². The van der Waals surface area contributed by atoms with Gasteiger partial charge in [0.15, 0.2) is 5.76 Å². The number of nitrogens with one attached hydrogen (secondary N) is 1. The lowest BCUT2D eigenvalue weighted by molar-refractivity contribution is -0.132. The first kappa shape index (κ1) is 15.3. The summed E-state index contributed by atoms with van der Waals surface area (Å²) >= 11 is 0. The van der Waals surface area contributed by atoms with E-state index in [1.165, 1.54) is 0 Å². The number of nitrogens with zero attached hydrogens (tertiary/aromatic N) is 2. The van der Waals surface area contributed by atoms with Gasteiger partial charge in [-0.2, -0.15) is 0 Å². The molecule has 120 valence electrons. The Labute approximate surface area is 134 Å². The van der Waals surface area contributed by atoms with Crippen molar-refractivity contribution in [1.29, 1.82) is 0 Å². The van der Waals surface area contributed by atoms with Crippen molar-refractivity contribution in [1.82, 2.24) is 15.2 Å². The summed E-state index contributed by atoms with van der Waals surface area (Å²) in [6, 6.07) is 7.14. The van der Waals surface area contributed by atoms with E-state index in [4.69, 9.17) is 4.42 Å². The number of hydrogen-bond acceptors (Lipinski definition) is 4.